The maximum Gasteiger partial charge on any atom is 0.259 e. The first-order valence-corrected chi connectivity index (χ1v) is 13.0. The molecule has 34 heavy (non-hydrogen) atoms. The number of carbonyl (C=O) groups excluding carboxylic acids is 1. The Morgan fingerprint density at radius 3 is 2.76 bits per heavy atom. The number of thiophene rings is 1. The Kier molecular flexibility index (Phi) is 8.15. The molecular formula is C27H26BrN3O2S. The quantitative estimate of drug-likeness (QED) is 0.334. The molecule has 0 spiro atoms. The number of fused-ring (bicyclic) bond motifs is 1. The number of aliphatic imine (C=N–C) groups is 1. The van der Waals surface area contributed by atoms with Gasteiger partial charge in [-0.25, -0.2) is 4.99 Å². The standard InChI is InChI=1S/C27H26BrN3O2S/c1-18-8-6-7-10-22(18)31-26(32)25-20-9-4-2-3-5-11-24(20)34-27(25)30-17-19-12-13-23(21(28)16-19)33-15-14-29/h6-8,10,12-13,16-17H,2-5,9,11,15H2,1H3,(H,31,32). The zero-order valence-electron chi connectivity index (χ0n) is 19.1. The monoisotopic (exact) mass is 535 g/mol. The van der Waals surface area contributed by atoms with E-state index in [0.717, 1.165) is 57.5 Å². The highest BCUT2D eigenvalue weighted by Gasteiger charge is 2.24. The Balaban J connectivity index is 1.67. The summed E-state index contributed by atoms with van der Waals surface area (Å²) in [6.07, 6.45) is 8.35. The first kappa shape index (κ1) is 24.2. The van der Waals surface area contributed by atoms with E-state index in [4.69, 9.17) is 15.0 Å². The Morgan fingerprint density at radius 1 is 1.21 bits per heavy atom. The fourth-order valence-corrected chi connectivity index (χ4v) is 5.83. The Morgan fingerprint density at radius 2 is 2.00 bits per heavy atom. The second kappa shape index (κ2) is 11.5. The topological polar surface area (TPSA) is 74.5 Å². The van der Waals surface area contributed by atoms with Gasteiger partial charge in [0.1, 0.15) is 16.8 Å². The van der Waals surface area contributed by atoms with Gasteiger partial charge in [0.05, 0.1) is 10.0 Å². The van der Waals surface area contributed by atoms with Gasteiger partial charge in [-0.2, -0.15) is 5.26 Å². The van der Waals surface area contributed by atoms with Gasteiger partial charge in [0, 0.05) is 16.8 Å². The second-order valence-corrected chi connectivity index (χ2v) is 10.2. The molecule has 0 fully saturated rings. The van der Waals surface area contributed by atoms with Crippen LogP contribution in [0.1, 0.15) is 57.6 Å². The Hall–Kier alpha value is -2.95. The lowest BCUT2D eigenvalue weighted by molar-refractivity contribution is 0.102. The summed E-state index contributed by atoms with van der Waals surface area (Å²) in [5.74, 6) is 0.511. The third-order valence-corrected chi connectivity index (χ3v) is 7.67. The van der Waals surface area contributed by atoms with Gasteiger partial charge in [-0.1, -0.05) is 31.0 Å². The maximum atomic E-state index is 13.5. The number of aryl methyl sites for hydroxylation is 2. The summed E-state index contributed by atoms with van der Waals surface area (Å²) < 4.78 is 6.15. The van der Waals surface area contributed by atoms with Gasteiger partial charge in [0.25, 0.3) is 5.91 Å². The van der Waals surface area contributed by atoms with E-state index in [1.807, 2.05) is 55.5 Å². The van der Waals surface area contributed by atoms with Crippen molar-refractivity contribution >= 4 is 50.1 Å². The molecule has 0 saturated carbocycles. The minimum atomic E-state index is -0.0963. The number of para-hydroxylation sites is 1. The average Bonchev–Trinajstić information content (AvgIpc) is 3.15. The molecule has 0 atom stereocenters. The molecule has 0 bridgehead atoms. The zero-order chi connectivity index (χ0) is 23.9. The summed E-state index contributed by atoms with van der Waals surface area (Å²) in [5, 5.41) is 12.6. The maximum absolute atomic E-state index is 13.5. The molecule has 1 amide bonds. The van der Waals surface area contributed by atoms with Crippen molar-refractivity contribution in [3.8, 4) is 11.8 Å². The van der Waals surface area contributed by atoms with Crippen molar-refractivity contribution in [2.24, 2.45) is 4.99 Å². The fraction of sp³-hybridized carbons (Fsp3) is 0.296. The van der Waals surface area contributed by atoms with Crippen LogP contribution in [-0.4, -0.2) is 18.7 Å². The van der Waals surface area contributed by atoms with Crippen LogP contribution in [0.5, 0.6) is 5.75 Å². The lowest BCUT2D eigenvalue weighted by atomic mass is 9.96. The number of hydrogen-bond donors (Lipinski definition) is 1. The average molecular weight is 536 g/mol. The summed E-state index contributed by atoms with van der Waals surface area (Å²) in [7, 11) is 0. The molecule has 1 N–H and O–H groups in total. The minimum Gasteiger partial charge on any atom is -0.478 e. The highest BCUT2D eigenvalue weighted by atomic mass is 79.9. The van der Waals surface area contributed by atoms with E-state index in [-0.39, 0.29) is 12.5 Å². The lowest BCUT2D eigenvalue weighted by Crippen LogP contribution is -2.15. The van der Waals surface area contributed by atoms with Crippen LogP contribution in [-0.2, 0) is 12.8 Å². The van der Waals surface area contributed by atoms with Gasteiger partial charge in [0.2, 0.25) is 0 Å². The SMILES string of the molecule is Cc1ccccc1NC(=O)c1c(N=Cc2ccc(OCC#N)c(Br)c2)sc2c1CCCCCC2. The fourth-order valence-electron chi connectivity index (χ4n) is 4.09. The smallest absolute Gasteiger partial charge is 0.259 e. The Labute approximate surface area is 212 Å². The van der Waals surface area contributed by atoms with Crippen molar-refractivity contribution in [1.82, 2.24) is 0 Å². The molecule has 1 aliphatic carbocycles. The van der Waals surface area contributed by atoms with Crippen molar-refractivity contribution in [1.29, 1.82) is 5.26 Å². The van der Waals surface area contributed by atoms with Crippen molar-refractivity contribution in [2.45, 2.75) is 45.4 Å². The molecule has 0 saturated heterocycles. The van der Waals surface area contributed by atoms with E-state index < -0.39 is 0 Å². The number of hydrogen-bond acceptors (Lipinski definition) is 5. The summed E-state index contributed by atoms with van der Waals surface area (Å²) in [4.78, 5) is 19.6. The highest BCUT2D eigenvalue weighted by molar-refractivity contribution is 9.10. The van der Waals surface area contributed by atoms with Gasteiger partial charge in [-0.3, -0.25) is 4.79 Å². The number of ether oxygens (including phenoxy) is 1. The predicted molar refractivity (Wildman–Crippen MR) is 142 cm³/mol. The van der Waals surface area contributed by atoms with Gasteiger partial charge >= 0.3 is 0 Å². The molecule has 1 heterocycles. The normalized spacial score (nSPS) is 13.6. The zero-order valence-corrected chi connectivity index (χ0v) is 21.5. The van der Waals surface area contributed by atoms with Crippen LogP contribution in [0.4, 0.5) is 10.7 Å². The lowest BCUT2D eigenvalue weighted by Gasteiger charge is -2.12. The number of nitrogens with one attached hydrogen (secondary N) is 1. The molecule has 174 valence electrons. The van der Waals surface area contributed by atoms with Crippen molar-refractivity contribution < 1.29 is 9.53 Å². The summed E-state index contributed by atoms with van der Waals surface area (Å²) in [6.45, 7) is 1.99. The van der Waals surface area contributed by atoms with Crippen LogP contribution >= 0.6 is 27.3 Å². The molecular weight excluding hydrogens is 510 g/mol. The van der Waals surface area contributed by atoms with Gasteiger partial charge in [-0.05, 0) is 89.5 Å². The highest BCUT2D eigenvalue weighted by Crippen LogP contribution is 2.39. The summed E-state index contributed by atoms with van der Waals surface area (Å²) in [6, 6.07) is 15.4. The number of nitriles is 1. The van der Waals surface area contributed by atoms with Crippen molar-refractivity contribution in [3.63, 3.8) is 0 Å². The third-order valence-electron chi connectivity index (χ3n) is 5.85. The Bertz CT molecular complexity index is 1260. The second-order valence-electron chi connectivity index (χ2n) is 8.26. The number of rotatable bonds is 6. The van der Waals surface area contributed by atoms with Gasteiger partial charge in [-0.15, -0.1) is 11.3 Å². The van der Waals surface area contributed by atoms with Crippen LogP contribution in [0, 0.1) is 18.3 Å². The molecule has 7 heteroatoms. The van der Waals surface area contributed by atoms with Crippen LogP contribution in [0.25, 0.3) is 0 Å². The van der Waals surface area contributed by atoms with E-state index in [1.165, 1.54) is 17.7 Å². The molecule has 0 unspecified atom stereocenters. The van der Waals surface area contributed by atoms with E-state index in [9.17, 15) is 4.79 Å². The van der Waals surface area contributed by atoms with Crippen LogP contribution in [0.15, 0.2) is 51.9 Å². The summed E-state index contributed by atoms with van der Waals surface area (Å²) >= 11 is 5.13. The number of halogens is 1. The molecule has 2 aromatic carbocycles. The number of benzene rings is 2. The third kappa shape index (κ3) is 5.75. The van der Waals surface area contributed by atoms with E-state index in [2.05, 4.69) is 21.2 Å². The first-order chi connectivity index (χ1) is 16.6. The van der Waals surface area contributed by atoms with E-state index in [0.29, 0.717) is 11.3 Å². The molecule has 0 aliphatic heterocycles. The molecule has 4 rings (SSSR count). The van der Waals surface area contributed by atoms with Crippen molar-refractivity contribution in [2.75, 3.05) is 11.9 Å². The predicted octanol–water partition coefficient (Wildman–Crippen LogP) is 7.38. The number of amides is 1. The minimum absolute atomic E-state index is 0.00779. The molecule has 5 nitrogen and oxygen atoms in total. The summed E-state index contributed by atoms with van der Waals surface area (Å²) in [5.41, 5.74) is 4.59. The molecule has 3 aromatic rings. The molecule has 1 aromatic heterocycles. The van der Waals surface area contributed by atoms with Gasteiger partial charge < -0.3 is 10.1 Å². The first-order valence-electron chi connectivity index (χ1n) is 11.4. The van der Waals surface area contributed by atoms with Crippen molar-refractivity contribution in [3.05, 3.63) is 74.1 Å². The molecule has 0 radical (unpaired) electrons. The number of anilines is 1. The van der Waals surface area contributed by atoms with E-state index >= 15 is 0 Å². The van der Waals surface area contributed by atoms with E-state index in [1.54, 1.807) is 17.6 Å². The van der Waals surface area contributed by atoms with Crippen LogP contribution in [0.3, 0.4) is 0 Å². The van der Waals surface area contributed by atoms with Crippen LogP contribution in [0.2, 0.25) is 0 Å². The van der Waals surface area contributed by atoms with Gasteiger partial charge in [0.15, 0.2) is 6.61 Å². The number of carbonyl (C=O) groups is 1. The largest absolute Gasteiger partial charge is 0.478 e. The molecule has 1 aliphatic rings. The number of nitrogens with zero attached hydrogens (tertiary/aromatic N) is 2. The van der Waals surface area contributed by atoms with Crippen LogP contribution < -0.4 is 10.1 Å².